The van der Waals surface area contributed by atoms with Crippen LogP contribution in [0.1, 0.15) is 24.0 Å². The molecular weight excluding hydrogens is 319 g/mol. The Labute approximate surface area is 134 Å². The molecule has 0 aliphatic rings. The monoisotopic (exact) mass is 338 g/mol. The molecule has 0 saturated carbocycles. The van der Waals surface area contributed by atoms with E-state index in [1.807, 2.05) is 12.1 Å². The molecule has 0 aliphatic heterocycles. The molecule has 0 heterocycles. The van der Waals surface area contributed by atoms with Crippen LogP contribution in [0.2, 0.25) is 0 Å². The molecule has 0 radical (unpaired) electrons. The number of hydrogen-bond acceptors (Lipinski definition) is 4. The Hall–Kier alpha value is -2.01. The van der Waals surface area contributed by atoms with Crippen LogP contribution in [0.3, 0.4) is 0 Å². The molecule has 0 amide bonds. The molecule has 0 bridgehead atoms. The van der Waals surface area contributed by atoms with Gasteiger partial charge in [-0.05, 0) is 67.1 Å². The summed E-state index contributed by atoms with van der Waals surface area (Å²) in [5.74, 6) is 0.338. The van der Waals surface area contributed by atoms with Gasteiger partial charge in [0.1, 0.15) is 17.2 Å². The highest BCUT2D eigenvalue weighted by atomic mass is 31.2. The van der Waals surface area contributed by atoms with Crippen LogP contribution < -0.4 is 4.52 Å². The van der Waals surface area contributed by atoms with Crippen molar-refractivity contribution < 1.29 is 29.1 Å². The Bertz CT molecular complexity index is 692. The predicted molar refractivity (Wildman–Crippen MR) is 85.5 cm³/mol. The highest BCUT2D eigenvalue weighted by molar-refractivity contribution is 7.46. The van der Waals surface area contributed by atoms with E-state index < -0.39 is 7.82 Å². The van der Waals surface area contributed by atoms with E-state index >= 15 is 0 Å². The fourth-order valence-electron chi connectivity index (χ4n) is 2.29. The largest absolute Gasteiger partial charge is 0.524 e. The van der Waals surface area contributed by atoms with E-state index in [0.717, 1.165) is 24.8 Å². The summed E-state index contributed by atoms with van der Waals surface area (Å²) >= 11 is 0. The molecule has 6 nitrogen and oxygen atoms in total. The topological polar surface area (TPSA) is 107 Å². The fraction of sp³-hybridized carbons (Fsp3) is 0.250. The minimum Gasteiger partial charge on any atom is -0.508 e. The number of phosphoric ester groups is 1. The van der Waals surface area contributed by atoms with Gasteiger partial charge in [-0.15, -0.1) is 0 Å². The van der Waals surface area contributed by atoms with E-state index in [1.165, 1.54) is 18.2 Å². The lowest BCUT2D eigenvalue weighted by atomic mass is 10.0. The Balaban J connectivity index is 1.93. The molecule has 0 aliphatic carbocycles. The van der Waals surface area contributed by atoms with Gasteiger partial charge in [0.2, 0.25) is 0 Å². The molecule has 23 heavy (non-hydrogen) atoms. The van der Waals surface area contributed by atoms with Crippen molar-refractivity contribution in [3.63, 3.8) is 0 Å². The number of aromatic hydroxyl groups is 2. The molecular formula is C16H19O6P. The van der Waals surface area contributed by atoms with Gasteiger partial charge in [0.25, 0.3) is 0 Å². The van der Waals surface area contributed by atoms with Crippen molar-refractivity contribution in [1.82, 2.24) is 0 Å². The molecule has 0 unspecified atom stereocenters. The second kappa shape index (κ2) is 7.51. The zero-order valence-corrected chi connectivity index (χ0v) is 13.3. The molecule has 0 aromatic heterocycles. The van der Waals surface area contributed by atoms with Crippen molar-refractivity contribution in [1.29, 1.82) is 0 Å². The van der Waals surface area contributed by atoms with Crippen LogP contribution in [0.25, 0.3) is 0 Å². The van der Waals surface area contributed by atoms with Crippen LogP contribution in [0.4, 0.5) is 0 Å². The van der Waals surface area contributed by atoms with Crippen LogP contribution >= 0.6 is 7.82 Å². The van der Waals surface area contributed by atoms with Crippen LogP contribution in [0.5, 0.6) is 17.2 Å². The number of phosphoric acid groups is 1. The molecule has 2 rings (SSSR count). The number of benzene rings is 2. The molecule has 0 fully saturated rings. The second-order valence-electron chi connectivity index (χ2n) is 5.25. The fourth-order valence-corrected chi connectivity index (χ4v) is 2.72. The van der Waals surface area contributed by atoms with Crippen molar-refractivity contribution in [2.24, 2.45) is 0 Å². The Morgan fingerprint density at radius 2 is 1.48 bits per heavy atom. The average molecular weight is 338 g/mol. The normalized spacial score (nSPS) is 11.4. The molecule has 2 aromatic carbocycles. The van der Waals surface area contributed by atoms with Crippen molar-refractivity contribution in [2.45, 2.75) is 25.7 Å². The summed E-state index contributed by atoms with van der Waals surface area (Å²) in [5.41, 5.74) is 1.66. The van der Waals surface area contributed by atoms with E-state index in [9.17, 15) is 14.8 Å². The van der Waals surface area contributed by atoms with Gasteiger partial charge in [-0.25, -0.2) is 4.57 Å². The number of hydrogen-bond donors (Lipinski definition) is 4. The van der Waals surface area contributed by atoms with Gasteiger partial charge in [0.05, 0.1) is 0 Å². The van der Waals surface area contributed by atoms with Crippen LogP contribution in [0.15, 0.2) is 42.5 Å². The summed E-state index contributed by atoms with van der Waals surface area (Å²) in [5, 5.41) is 18.7. The number of unbranched alkanes of at least 4 members (excludes halogenated alkanes) is 1. The van der Waals surface area contributed by atoms with Gasteiger partial charge in [0.15, 0.2) is 0 Å². The number of rotatable bonds is 7. The Morgan fingerprint density at radius 1 is 0.870 bits per heavy atom. The zero-order valence-electron chi connectivity index (χ0n) is 12.4. The average Bonchev–Trinajstić information content (AvgIpc) is 2.47. The number of phenolic OH excluding ortho intramolecular Hbond substituents is 2. The number of aryl methyl sites for hydroxylation is 2. The van der Waals surface area contributed by atoms with E-state index in [4.69, 9.17) is 9.79 Å². The standard InChI is InChI=1S/C16H19O6P/c17-14-7-5-12(6-8-14)3-1-2-4-13-11-15(18)9-10-16(13)22-23(19,20)21/h5-11,17-18H,1-4H2,(H2,19,20,21). The first-order chi connectivity index (χ1) is 10.8. The first-order valence-electron chi connectivity index (χ1n) is 7.18. The summed E-state index contributed by atoms with van der Waals surface area (Å²) < 4.78 is 15.6. The van der Waals surface area contributed by atoms with Gasteiger partial charge in [-0.1, -0.05) is 12.1 Å². The Kier molecular flexibility index (Phi) is 5.66. The lowest BCUT2D eigenvalue weighted by molar-refractivity contribution is 0.282. The molecule has 2 aromatic rings. The lowest BCUT2D eigenvalue weighted by Gasteiger charge is -2.12. The zero-order chi connectivity index (χ0) is 16.9. The van der Waals surface area contributed by atoms with Gasteiger partial charge >= 0.3 is 7.82 Å². The highest BCUT2D eigenvalue weighted by Gasteiger charge is 2.18. The maximum Gasteiger partial charge on any atom is 0.524 e. The highest BCUT2D eigenvalue weighted by Crippen LogP contribution is 2.40. The molecule has 7 heteroatoms. The van der Waals surface area contributed by atoms with Gasteiger partial charge < -0.3 is 14.7 Å². The first kappa shape index (κ1) is 17.3. The predicted octanol–water partition coefficient (Wildman–Crippen LogP) is 3.13. The molecule has 0 saturated heterocycles. The van der Waals surface area contributed by atoms with Gasteiger partial charge in [-0.2, -0.15) is 0 Å². The first-order valence-corrected chi connectivity index (χ1v) is 8.71. The maximum atomic E-state index is 11.0. The third-order valence-corrected chi connectivity index (χ3v) is 3.79. The minimum absolute atomic E-state index is 0.0246. The third-order valence-electron chi connectivity index (χ3n) is 3.36. The van der Waals surface area contributed by atoms with Gasteiger partial charge in [-0.3, -0.25) is 9.79 Å². The molecule has 0 spiro atoms. The number of phenols is 2. The van der Waals surface area contributed by atoms with Crippen molar-refractivity contribution in [2.75, 3.05) is 0 Å². The van der Waals surface area contributed by atoms with Crippen molar-refractivity contribution in [3.8, 4) is 17.2 Å². The van der Waals surface area contributed by atoms with E-state index in [1.54, 1.807) is 12.1 Å². The molecule has 0 atom stereocenters. The Morgan fingerprint density at radius 3 is 2.13 bits per heavy atom. The molecule has 4 N–H and O–H groups in total. The summed E-state index contributed by atoms with van der Waals surface area (Å²) in [6.07, 6.45) is 2.98. The second-order valence-corrected chi connectivity index (χ2v) is 6.41. The van der Waals surface area contributed by atoms with Crippen LogP contribution in [-0.4, -0.2) is 20.0 Å². The lowest BCUT2D eigenvalue weighted by Crippen LogP contribution is -1.96. The van der Waals surface area contributed by atoms with Gasteiger partial charge in [0, 0.05) is 0 Å². The summed E-state index contributed by atoms with van der Waals surface area (Å²) in [6.45, 7) is 0. The van der Waals surface area contributed by atoms with Crippen LogP contribution in [0, 0.1) is 0 Å². The summed E-state index contributed by atoms with van der Waals surface area (Å²) in [6, 6.07) is 11.1. The minimum atomic E-state index is -4.63. The quantitative estimate of drug-likeness (QED) is 0.456. The smallest absolute Gasteiger partial charge is 0.508 e. The SMILES string of the molecule is O=P(O)(O)Oc1ccc(O)cc1CCCCc1ccc(O)cc1. The van der Waals surface area contributed by atoms with E-state index in [-0.39, 0.29) is 17.2 Å². The molecule has 124 valence electrons. The third kappa shape index (κ3) is 5.94. The van der Waals surface area contributed by atoms with Crippen molar-refractivity contribution >= 4 is 7.82 Å². The summed E-state index contributed by atoms with van der Waals surface area (Å²) in [4.78, 5) is 17.8. The summed E-state index contributed by atoms with van der Waals surface area (Å²) in [7, 11) is -4.63. The maximum absolute atomic E-state index is 11.0. The van der Waals surface area contributed by atoms with Crippen molar-refractivity contribution in [3.05, 3.63) is 53.6 Å². The van der Waals surface area contributed by atoms with E-state index in [0.29, 0.717) is 12.0 Å². The van der Waals surface area contributed by atoms with Crippen LogP contribution in [-0.2, 0) is 17.4 Å². The van der Waals surface area contributed by atoms with E-state index in [2.05, 4.69) is 4.52 Å².